The predicted molar refractivity (Wildman–Crippen MR) is 77.0 cm³/mol. The Morgan fingerprint density at radius 1 is 1.57 bits per heavy atom. The molecule has 0 spiro atoms. The van der Waals surface area contributed by atoms with Crippen molar-refractivity contribution in [3.63, 3.8) is 0 Å². The highest BCUT2D eigenvalue weighted by Gasteiger charge is 2.36. The Hall–Kier alpha value is -1.70. The minimum Gasteiger partial charge on any atom is -0.481 e. The summed E-state index contributed by atoms with van der Waals surface area (Å²) in [5.41, 5.74) is 0.789. The van der Waals surface area contributed by atoms with Crippen molar-refractivity contribution < 1.29 is 19.2 Å². The van der Waals surface area contributed by atoms with Crippen LogP contribution in [0.25, 0.3) is 10.6 Å². The lowest BCUT2D eigenvalue weighted by Crippen LogP contribution is -2.40. The molecule has 0 radical (unpaired) electrons. The van der Waals surface area contributed by atoms with Crippen molar-refractivity contribution in [2.45, 2.75) is 12.6 Å². The lowest BCUT2D eigenvalue weighted by atomic mass is 10.0. The Balaban J connectivity index is 1.67. The second-order valence-corrected chi connectivity index (χ2v) is 6.07. The monoisotopic (exact) mass is 308 g/mol. The number of carbonyl (C=O) groups is 1. The molecule has 0 saturated carbocycles. The molecular weight excluding hydrogens is 292 g/mol. The lowest BCUT2D eigenvalue weighted by molar-refractivity contribution is -0.143. The van der Waals surface area contributed by atoms with Gasteiger partial charge in [-0.05, 0) is 18.5 Å². The molecule has 3 heterocycles. The normalized spacial score (nSPS) is 22.0. The number of rotatable bonds is 5. The van der Waals surface area contributed by atoms with Gasteiger partial charge in [0.15, 0.2) is 5.76 Å². The zero-order valence-corrected chi connectivity index (χ0v) is 12.4. The standard InChI is InChI=1S/C14H16N2O4S/c1-16(11-8-19-7-10(11)14(17)18)6-9-5-12(20-15-9)13-3-2-4-21-13/h2-5,10-11H,6-8H2,1H3,(H,17,18). The molecule has 21 heavy (non-hydrogen) atoms. The van der Waals surface area contributed by atoms with Crippen molar-refractivity contribution in [2.75, 3.05) is 20.3 Å². The number of likely N-dealkylation sites (N-methyl/N-ethyl adjacent to an activating group) is 1. The Labute approximate surface area is 125 Å². The largest absolute Gasteiger partial charge is 0.481 e. The molecule has 112 valence electrons. The predicted octanol–water partition coefficient (Wildman–Crippen LogP) is 1.93. The first-order chi connectivity index (χ1) is 10.1. The van der Waals surface area contributed by atoms with Gasteiger partial charge in [-0.25, -0.2) is 0 Å². The van der Waals surface area contributed by atoms with Gasteiger partial charge in [-0.15, -0.1) is 11.3 Å². The molecule has 0 aliphatic carbocycles. The molecule has 2 aromatic heterocycles. The fraction of sp³-hybridized carbons (Fsp3) is 0.429. The summed E-state index contributed by atoms with van der Waals surface area (Å²) in [6.45, 7) is 1.24. The van der Waals surface area contributed by atoms with E-state index in [4.69, 9.17) is 9.26 Å². The van der Waals surface area contributed by atoms with E-state index in [0.29, 0.717) is 13.2 Å². The van der Waals surface area contributed by atoms with Crippen LogP contribution in [-0.4, -0.2) is 47.4 Å². The number of ether oxygens (including phenoxy) is 1. The summed E-state index contributed by atoms with van der Waals surface area (Å²) in [4.78, 5) is 14.2. The van der Waals surface area contributed by atoms with Crippen LogP contribution in [-0.2, 0) is 16.1 Å². The van der Waals surface area contributed by atoms with Gasteiger partial charge in [0.05, 0.1) is 29.7 Å². The molecule has 1 fully saturated rings. The molecule has 1 N–H and O–H groups in total. The first-order valence-electron chi connectivity index (χ1n) is 6.65. The van der Waals surface area contributed by atoms with Crippen molar-refractivity contribution in [1.82, 2.24) is 10.1 Å². The molecule has 2 aromatic rings. The molecule has 3 rings (SSSR count). The highest BCUT2D eigenvalue weighted by molar-refractivity contribution is 7.13. The number of carboxylic acid groups (broad SMARTS) is 1. The van der Waals surface area contributed by atoms with Gasteiger partial charge in [0.1, 0.15) is 0 Å². The van der Waals surface area contributed by atoms with Crippen LogP contribution in [0.3, 0.4) is 0 Å². The Morgan fingerprint density at radius 2 is 2.43 bits per heavy atom. The third-order valence-corrected chi connectivity index (χ3v) is 4.55. The third kappa shape index (κ3) is 2.99. The molecular formula is C14H16N2O4S. The minimum atomic E-state index is -0.816. The van der Waals surface area contributed by atoms with Gasteiger partial charge in [0.25, 0.3) is 0 Å². The van der Waals surface area contributed by atoms with Crippen LogP contribution in [0.1, 0.15) is 5.69 Å². The van der Waals surface area contributed by atoms with E-state index in [1.54, 1.807) is 11.3 Å². The number of hydrogen-bond acceptors (Lipinski definition) is 6. The zero-order chi connectivity index (χ0) is 14.8. The fourth-order valence-corrected chi connectivity index (χ4v) is 3.18. The van der Waals surface area contributed by atoms with E-state index in [2.05, 4.69) is 5.16 Å². The number of aromatic nitrogens is 1. The van der Waals surface area contributed by atoms with E-state index >= 15 is 0 Å². The highest BCUT2D eigenvalue weighted by Crippen LogP contribution is 2.26. The van der Waals surface area contributed by atoms with Crippen LogP contribution in [0.4, 0.5) is 0 Å². The van der Waals surface area contributed by atoms with Crippen LogP contribution in [0.15, 0.2) is 28.1 Å². The van der Waals surface area contributed by atoms with Gasteiger partial charge in [-0.2, -0.15) is 0 Å². The second-order valence-electron chi connectivity index (χ2n) is 5.12. The lowest BCUT2D eigenvalue weighted by Gasteiger charge is -2.24. The summed E-state index contributed by atoms with van der Waals surface area (Å²) in [7, 11) is 1.88. The van der Waals surface area contributed by atoms with Crippen LogP contribution >= 0.6 is 11.3 Å². The minimum absolute atomic E-state index is 0.135. The molecule has 2 unspecified atom stereocenters. The topological polar surface area (TPSA) is 75.8 Å². The fourth-order valence-electron chi connectivity index (χ4n) is 2.51. The number of nitrogens with zero attached hydrogens (tertiary/aromatic N) is 2. The van der Waals surface area contributed by atoms with Crippen molar-refractivity contribution in [3.05, 3.63) is 29.3 Å². The van der Waals surface area contributed by atoms with E-state index in [1.807, 2.05) is 35.5 Å². The summed E-state index contributed by atoms with van der Waals surface area (Å²) in [6, 6.07) is 5.70. The van der Waals surface area contributed by atoms with E-state index < -0.39 is 11.9 Å². The van der Waals surface area contributed by atoms with Gasteiger partial charge >= 0.3 is 5.97 Å². The first-order valence-corrected chi connectivity index (χ1v) is 7.53. The van der Waals surface area contributed by atoms with Crippen molar-refractivity contribution >= 4 is 17.3 Å². The molecule has 2 atom stereocenters. The Morgan fingerprint density at radius 3 is 3.14 bits per heavy atom. The average molecular weight is 308 g/mol. The summed E-state index contributed by atoms with van der Waals surface area (Å²) in [6.07, 6.45) is 0. The average Bonchev–Trinajstić information content (AvgIpc) is 3.19. The molecule has 0 aromatic carbocycles. The van der Waals surface area contributed by atoms with E-state index in [-0.39, 0.29) is 12.6 Å². The van der Waals surface area contributed by atoms with Crippen LogP contribution in [0, 0.1) is 5.92 Å². The Kier molecular flexibility index (Phi) is 4.05. The molecule has 6 nitrogen and oxygen atoms in total. The van der Waals surface area contributed by atoms with Crippen LogP contribution in [0.2, 0.25) is 0 Å². The van der Waals surface area contributed by atoms with E-state index in [1.165, 1.54) is 0 Å². The summed E-state index contributed by atoms with van der Waals surface area (Å²) in [5.74, 6) is -0.562. The summed E-state index contributed by atoms with van der Waals surface area (Å²) >= 11 is 1.59. The summed E-state index contributed by atoms with van der Waals surface area (Å²) in [5, 5.41) is 15.2. The molecule has 7 heteroatoms. The van der Waals surface area contributed by atoms with Gasteiger partial charge in [0.2, 0.25) is 0 Å². The SMILES string of the molecule is CN(Cc1cc(-c2cccs2)on1)C1COCC1C(=O)O. The molecule has 0 bridgehead atoms. The second kappa shape index (κ2) is 5.97. The quantitative estimate of drug-likeness (QED) is 0.909. The number of thiophene rings is 1. The highest BCUT2D eigenvalue weighted by atomic mass is 32.1. The third-order valence-electron chi connectivity index (χ3n) is 3.67. The number of hydrogen-bond donors (Lipinski definition) is 1. The van der Waals surface area contributed by atoms with Crippen molar-refractivity contribution in [2.24, 2.45) is 5.92 Å². The smallest absolute Gasteiger partial charge is 0.310 e. The maximum atomic E-state index is 11.2. The first kappa shape index (κ1) is 14.2. The van der Waals surface area contributed by atoms with Crippen molar-refractivity contribution in [1.29, 1.82) is 0 Å². The van der Waals surface area contributed by atoms with Crippen LogP contribution in [0.5, 0.6) is 0 Å². The Bertz CT molecular complexity index is 610. The van der Waals surface area contributed by atoms with E-state index in [0.717, 1.165) is 16.3 Å². The number of aliphatic carboxylic acids is 1. The van der Waals surface area contributed by atoms with Crippen molar-refractivity contribution in [3.8, 4) is 10.6 Å². The van der Waals surface area contributed by atoms with Crippen LogP contribution < -0.4 is 0 Å². The molecule has 1 saturated heterocycles. The maximum absolute atomic E-state index is 11.2. The van der Waals surface area contributed by atoms with E-state index in [9.17, 15) is 9.90 Å². The maximum Gasteiger partial charge on any atom is 0.310 e. The zero-order valence-electron chi connectivity index (χ0n) is 11.6. The van der Waals surface area contributed by atoms with Gasteiger partial charge in [-0.3, -0.25) is 9.69 Å². The van der Waals surface area contributed by atoms with Gasteiger partial charge in [-0.1, -0.05) is 11.2 Å². The number of carboxylic acids is 1. The van der Waals surface area contributed by atoms with Gasteiger partial charge in [0, 0.05) is 18.7 Å². The molecule has 1 aliphatic rings. The van der Waals surface area contributed by atoms with Gasteiger partial charge < -0.3 is 14.4 Å². The molecule has 1 aliphatic heterocycles. The molecule has 0 amide bonds. The summed E-state index contributed by atoms with van der Waals surface area (Å²) < 4.78 is 10.6.